The van der Waals surface area contributed by atoms with Gasteiger partial charge < -0.3 is 19.9 Å². The van der Waals surface area contributed by atoms with Crippen LogP contribution in [0.3, 0.4) is 0 Å². The van der Waals surface area contributed by atoms with Crippen molar-refractivity contribution in [2.45, 2.75) is 6.42 Å². The number of benzene rings is 1. The van der Waals surface area contributed by atoms with Crippen LogP contribution in [0.5, 0.6) is 17.2 Å². The molecule has 0 fully saturated rings. The number of carbonyl (C=O) groups excluding carboxylic acids is 2. The van der Waals surface area contributed by atoms with Crippen molar-refractivity contribution in [3.05, 3.63) is 17.7 Å². The Morgan fingerprint density at radius 3 is 2.00 bits per heavy atom. The van der Waals surface area contributed by atoms with E-state index in [0.717, 1.165) is 0 Å². The maximum absolute atomic E-state index is 11.5. The van der Waals surface area contributed by atoms with Gasteiger partial charge in [0.25, 0.3) is 0 Å². The van der Waals surface area contributed by atoms with Crippen molar-refractivity contribution in [2.75, 3.05) is 21.3 Å². The summed E-state index contributed by atoms with van der Waals surface area (Å²) >= 11 is 0. The van der Waals surface area contributed by atoms with E-state index in [1.54, 1.807) is 12.1 Å². The molecule has 3 N–H and O–H groups in total. The van der Waals surface area contributed by atoms with Crippen molar-refractivity contribution in [3.8, 4) is 17.2 Å². The summed E-state index contributed by atoms with van der Waals surface area (Å²) in [6.07, 6.45) is -0.0281. The molecule has 0 aliphatic heterocycles. The van der Waals surface area contributed by atoms with Crippen LogP contribution in [0.25, 0.3) is 0 Å². The van der Waals surface area contributed by atoms with Crippen molar-refractivity contribution in [2.24, 2.45) is 5.73 Å². The molecular formula is C12H16N2O5. The van der Waals surface area contributed by atoms with Gasteiger partial charge in [-0.05, 0) is 17.7 Å². The van der Waals surface area contributed by atoms with E-state index in [0.29, 0.717) is 22.8 Å². The zero-order valence-corrected chi connectivity index (χ0v) is 11.0. The zero-order valence-electron chi connectivity index (χ0n) is 11.0. The van der Waals surface area contributed by atoms with Crippen LogP contribution in [0.15, 0.2) is 12.1 Å². The quantitative estimate of drug-likeness (QED) is 0.807. The monoisotopic (exact) mass is 268 g/mol. The molecule has 0 atom stereocenters. The molecule has 19 heavy (non-hydrogen) atoms. The third kappa shape index (κ3) is 3.77. The summed E-state index contributed by atoms with van der Waals surface area (Å²) in [4.78, 5) is 22.0. The number of hydrogen-bond acceptors (Lipinski definition) is 5. The van der Waals surface area contributed by atoms with Gasteiger partial charge >= 0.3 is 6.03 Å². The average molecular weight is 268 g/mol. The number of nitrogens with two attached hydrogens (primary N) is 1. The van der Waals surface area contributed by atoms with Gasteiger partial charge in [-0.25, -0.2) is 4.79 Å². The normalized spacial score (nSPS) is 9.63. The topological polar surface area (TPSA) is 99.9 Å². The third-order valence-corrected chi connectivity index (χ3v) is 2.35. The number of carbonyl (C=O) groups is 2. The molecule has 0 spiro atoms. The molecule has 0 radical (unpaired) electrons. The molecule has 0 saturated carbocycles. The van der Waals surface area contributed by atoms with Gasteiger partial charge in [-0.2, -0.15) is 0 Å². The predicted octanol–water partition coefficient (Wildman–Crippen LogP) is 0.450. The standard InChI is InChI=1S/C12H16N2O5/c1-17-8-4-7(6-10(15)14-12(13)16)5-9(18-2)11(8)19-3/h4-5H,6H2,1-3H3,(H3,13,14,15,16). The Bertz CT molecular complexity index is 462. The van der Waals surface area contributed by atoms with E-state index in [4.69, 9.17) is 19.9 Å². The minimum atomic E-state index is -0.891. The minimum Gasteiger partial charge on any atom is -0.493 e. The molecule has 1 aromatic carbocycles. The molecule has 0 aliphatic carbocycles. The average Bonchev–Trinajstić information content (AvgIpc) is 2.36. The first-order valence-corrected chi connectivity index (χ1v) is 5.40. The summed E-state index contributed by atoms with van der Waals surface area (Å²) in [5.41, 5.74) is 5.47. The van der Waals surface area contributed by atoms with Crippen molar-refractivity contribution in [3.63, 3.8) is 0 Å². The maximum atomic E-state index is 11.5. The van der Waals surface area contributed by atoms with E-state index in [1.165, 1.54) is 21.3 Å². The Kier molecular flexibility index (Phi) is 4.99. The van der Waals surface area contributed by atoms with Gasteiger partial charge in [-0.1, -0.05) is 0 Å². The summed E-state index contributed by atoms with van der Waals surface area (Å²) in [6, 6.07) is 2.36. The van der Waals surface area contributed by atoms with Crippen LogP contribution in [-0.2, 0) is 11.2 Å². The summed E-state index contributed by atoms with van der Waals surface area (Å²) in [5.74, 6) is 0.790. The van der Waals surface area contributed by atoms with Crippen molar-refractivity contribution >= 4 is 11.9 Å². The van der Waals surface area contributed by atoms with E-state index in [2.05, 4.69) is 0 Å². The summed E-state index contributed by atoms with van der Waals surface area (Å²) in [5, 5.41) is 1.98. The number of urea groups is 1. The highest BCUT2D eigenvalue weighted by atomic mass is 16.5. The Balaban J connectivity index is 3.02. The number of nitrogens with one attached hydrogen (secondary N) is 1. The molecule has 7 nitrogen and oxygen atoms in total. The fourth-order valence-corrected chi connectivity index (χ4v) is 1.60. The lowest BCUT2D eigenvalue weighted by molar-refractivity contribution is -0.119. The number of imide groups is 1. The smallest absolute Gasteiger partial charge is 0.318 e. The lowest BCUT2D eigenvalue weighted by Gasteiger charge is -2.13. The number of ether oxygens (including phenoxy) is 3. The molecule has 0 heterocycles. The second kappa shape index (κ2) is 6.48. The Labute approximate surface area is 110 Å². The van der Waals surface area contributed by atoms with Crippen LogP contribution < -0.4 is 25.3 Å². The lowest BCUT2D eigenvalue weighted by Crippen LogP contribution is -2.35. The first-order chi connectivity index (χ1) is 9.01. The molecule has 1 rings (SSSR count). The van der Waals surface area contributed by atoms with Gasteiger partial charge in [0, 0.05) is 0 Å². The second-order valence-electron chi connectivity index (χ2n) is 3.62. The van der Waals surface area contributed by atoms with E-state index < -0.39 is 11.9 Å². The van der Waals surface area contributed by atoms with Gasteiger partial charge in [-0.3, -0.25) is 10.1 Å². The van der Waals surface area contributed by atoms with Gasteiger partial charge in [0.2, 0.25) is 11.7 Å². The molecule has 1 aromatic rings. The Morgan fingerprint density at radius 1 is 1.11 bits per heavy atom. The molecule has 7 heteroatoms. The fraction of sp³-hybridized carbons (Fsp3) is 0.333. The summed E-state index contributed by atoms with van der Waals surface area (Å²) < 4.78 is 15.5. The van der Waals surface area contributed by atoms with Gasteiger partial charge in [0.1, 0.15) is 0 Å². The number of primary amides is 1. The lowest BCUT2D eigenvalue weighted by atomic mass is 10.1. The number of methoxy groups -OCH3 is 3. The highest BCUT2D eigenvalue weighted by Gasteiger charge is 2.15. The van der Waals surface area contributed by atoms with Crippen molar-refractivity contribution in [1.82, 2.24) is 5.32 Å². The fourth-order valence-electron chi connectivity index (χ4n) is 1.60. The maximum Gasteiger partial charge on any atom is 0.318 e. The SMILES string of the molecule is COc1cc(CC(=O)NC(N)=O)cc(OC)c1OC. The minimum absolute atomic E-state index is 0.0281. The third-order valence-electron chi connectivity index (χ3n) is 2.35. The summed E-state index contributed by atoms with van der Waals surface area (Å²) in [6.45, 7) is 0. The van der Waals surface area contributed by atoms with E-state index >= 15 is 0 Å². The van der Waals surface area contributed by atoms with E-state index in [-0.39, 0.29) is 6.42 Å². The Hall–Kier alpha value is -2.44. The predicted molar refractivity (Wildman–Crippen MR) is 67.5 cm³/mol. The van der Waals surface area contributed by atoms with Gasteiger partial charge in [0.15, 0.2) is 11.5 Å². The first-order valence-electron chi connectivity index (χ1n) is 5.40. The number of hydrogen-bond donors (Lipinski definition) is 2. The van der Waals surface area contributed by atoms with Crippen molar-refractivity contribution < 1.29 is 23.8 Å². The van der Waals surface area contributed by atoms with Crippen molar-refractivity contribution in [1.29, 1.82) is 0 Å². The first kappa shape index (κ1) is 14.6. The molecule has 0 saturated heterocycles. The highest BCUT2D eigenvalue weighted by Crippen LogP contribution is 2.38. The molecule has 104 valence electrons. The van der Waals surface area contributed by atoms with Gasteiger partial charge in [0.05, 0.1) is 27.8 Å². The second-order valence-corrected chi connectivity index (χ2v) is 3.62. The van der Waals surface area contributed by atoms with Crippen LogP contribution in [0.4, 0.5) is 4.79 Å². The molecule has 0 bridgehead atoms. The van der Waals surface area contributed by atoms with Crippen LogP contribution in [-0.4, -0.2) is 33.3 Å². The number of amides is 3. The van der Waals surface area contributed by atoms with Gasteiger partial charge in [-0.15, -0.1) is 0 Å². The van der Waals surface area contributed by atoms with Crippen LogP contribution >= 0.6 is 0 Å². The highest BCUT2D eigenvalue weighted by molar-refractivity contribution is 5.94. The van der Waals surface area contributed by atoms with Crippen LogP contribution in [0.1, 0.15) is 5.56 Å². The number of rotatable bonds is 5. The van der Waals surface area contributed by atoms with Crippen LogP contribution in [0, 0.1) is 0 Å². The molecule has 0 aliphatic rings. The summed E-state index contributed by atoms with van der Waals surface area (Å²) in [7, 11) is 4.44. The Morgan fingerprint density at radius 2 is 1.63 bits per heavy atom. The van der Waals surface area contributed by atoms with E-state index in [9.17, 15) is 9.59 Å². The largest absolute Gasteiger partial charge is 0.493 e. The van der Waals surface area contributed by atoms with Crippen LogP contribution in [0.2, 0.25) is 0 Å². The molecular weight excluding hydrogens is 252 g/mol. The van der Waals surface area contributed by atoms with E-state index in [1.807, 2.05) is 5.32 Å². The molecule has 3 amide bonds. The zero-order chi connectivity index (χ0) is 14.4. The molecule has 0 aromatic heterocycles. The molecule has 0 unspecified atom stereocenters.